The molecule has 1 aromatic carbocycles. The fourth-order valence-corrected chi connectivity index (χ4v) is 5.00. The third kappa shape index (κ3) is 2.98. The van der Waals surface area contributed by atoms with Crippen LogP contribution in [0.5, 0.6) is 5.75 Å². The number of fused-ring (bicyclic) bond motifs is 1. The maximum atomic E-state index is 13.3. The number of piperazine rings is 1. The number of likely N-dealkylation sites (tertiary alicyclic amines) is 1. The highest BCUT2D eigenvalue weighted by molar-refractivity contribution is 5.94. The molecule has 0 N–H and O–H groups in total. The second-order valence-corrected chi connectivity index (χ2v) is 8.40. The van der Waals surface area contributed by atoms with Crippen molar-refractivity contribution in [2.45, 2.75) is 11.7 Å². The number of benzene rings is 1. The summed E-state index contributed by atoms with van der Waals surface area (Å²) in [6, 6.07) is 9.46. The van der Waals surface area contributed by atoms with Crippen molar-refractivity contribution < 1.29 is 23.9 Å². The van der Waals surface area contributed by atoms with Crippen LogP contribution in [0, 0.1) is 11.8 Å². The van der Waals surface area contributed by atoms with E-state index >= 15 is 0 Å². The summed E-state index contributed by atoms with van der Waals surface area (Å²) >= 11 is 0. The smallest absolute Gasteiger partial charge is 0.241 e. The van der Waals surface area contributed by atoms with Crippen LogP contribution in [0.1, 0.15) is 0 Å². The standard InChI is InChI=1S/C22H25N3O5/c1-23-9-10-24(13-17(23)26)20(27)18-16-7-8-22(30-16)14-25(21(28)19(18)22)11-12-29-15-5-3-2-4-6-15/h2-8,16,18-19H,9-14H2,1H3/t16-,18+,19+,22-/m0/s1. The monoisotopic (exact) mass is 411 g/mol. The molecule has 1 aromatic rings. The number of likely N-dealkylation sites (N-methyl/N-ethyl adjacent to an activating group) is 1. The van der Waals surface area contributed by atoms with Gasteiger partial charge in [-0.15, -0.1) is 0 Å². The van der Waals surface area contributed by atoms with E-state index in [2.05, 4.69) is 0 Å². The number of carbonyl (C=O) groups is 3. The minimum atomic E-state index is -0.745. The molecule has 0 saturated carbocycles. The minimum absolute atomic E-state index is 0.0603. The number of para-hydroxylation sites is 1. The average molecular weight is 411 g/mol. The van der Waals surface area contributed by atoms with Gasteiger partial charge in [-0.1, -0.05) is 30.4 Å². The van der Waals surface area contributed by atoms with Crippen LogP contribution in [0.2, 0.25) is 0 Å². The average Bonchev–Trinajstić information content (AvgIpc) is 3.39. The molecular formula is C22H25N3O5. The van der Waals surface area contributed by atoms with Gasteiger partial charge in [0, 0.05) is 20.1 Å². The second-order valence-electron chi connectivity index (χ2n) is 8.40. The third-order valence-corrected chi connectivity index (χ3v) is 6.61. The van der Waals surface area contributed by atoms with Crippen molar-refractivity contribution in [3.8, 4) is 5.75 Å². The number of amides is 3. The lowest BCUT2D eigenvalue weighted by atomic mass is 9.76. The normalized spacial score (nSPS) is 32.2. The predicted octanol–water partition coefficient (Wildman–Crippen LogP) is 0.148. The first kappa shape index (κ1) is 19.1. The number of carbonyl (C=O) groups excluding carboxylic acids is 3. The van der Waals surface area contributed by atoms with Gasteiger partial charge in [0.05, 0.1) is 37.6 Å². The highest BCUT2D eigenvalue weighted by Crippen LogP contribution is 2.52. The molecule has 1 spiro atoms. The van der Waals surface area contributed by atoms with E-state index in [1.165, 1.54) is 0 Å². The molecule has 3 amide bonds. The van der Waals surface area contributed by atoms with Gasteiger partial charge < -0.3 is 24.2 Å². The van der Waals surface area contributed by atoms with Crippen LogP contribution in [-0.4, -0.2) is 90.5 Å². The van der Waals surface area contributed by atoms with Crippen molar-refractivity contribution >= 4 is 17.7 Å². The first-order valence-corrected chi connectivity index (χ1v) is 10.3. The Morgan fingerprint density at radius 1 is 1.23 bits per heavy atom. The van der Waals surface area contributed by atoms with Gasteiger partial charge >= 0.3 is 0 Å². The maximum Gasteiger partial charge on any atom is 0.241 e. The quantitative estimate of drug-likeness (QED) is 0.645. The molecule has 0 radical (unpaired) electrons. The van der Waals surface area contributed by atoms with Gasteiger partial charge in [0.2, 0.25) is 17.7 Å². The minimum Gasteiger partial charge on any atom is -0.492 e. The molecule has 30 heavy (non-hydrogen) atoms. The Hall–Kier alpha value is -2.87. The summed E-state index contributed by atoms with van der Waals surface area (Å²) in [7, 11) is 1.73. The van der Waals surface area contributed by atoms with Crippen molar-refractivity contribution in [1.82, 2.24) is 14.7 Å². The molecule has 2 bridgehead atoms. The number of hydrogen-bond acceptors (Lipinski definition) is 5. The van der Waals surface area contributed by atoms with Gasteiger partial charge in [0.1, 0.15) is 18.0 Å². The lowest BCUT2D eigenvalue weighted by molar-refractivity contribution is -0.149. The number of ether oxygens (including phenoxy) is 2. The Balaban J connectivity index is 1.28. The van der Waals surface area contributed by atoms with Crippen LogP contribution < -0.4 is 4.74 Å². The summed E-state index contributed by atoms with van der Waals surface area (Å²) < 4.78 is 11.9. The molecule has 0 aromatic heterocycles. The lowest BCUT2D eigenvalue weighted by Crippen LogP contribution is -2.54. The van der Waals surface area contributed by atoms with Crippen molar-refractivity contribution in [1.29, 1.82) is 0 Å². The van der Waals surface area contributed by atoms with Crippen molar-refractivity contribution in [2.24, 2.45) is 11.8 Å². The summed E-state index contributed by atoms with van der Waals surface area (Å²) in [5.41, 5.74) is -0.745. The highest BCUT2D eigenvalue weighted by Gasteiger charge is 2.67. The summed E-state index contributed by atoms with van der Waals surface area (Å²) in [5.74, 6) is -0.662. The predicted molar refractivity (Wildman–Crippen MR) is 106 cm³/mol. The fourth-order valence-electron chi connectivity index (χ4n) is 5.00. The number of rotatable bonds is 5. The van der Waals surface area contributed by atoms with E-state index in [9.17, 15) is 14.4 Å². The topological polar surface area (TPSA) is 79.4 Å². The van der Waals surface area contributed by atoms with E-state index in [1.807, 2.05) is 42.5 Å². The maximum absolute atomic E-state index is 13.3. The second kappa shape index (κ2) is 7.12. The molecule has 4 aliphatic heterocycles. The molecular weight excluding hydrogens is 386 g/mol. The van der Waals surface area contributed by atoms with E-state index in [1.54, 1.807) is 21.7 Å². The van der Waals surface area contributed by atoms with Gasteiger partial charge in [0.15, 0.2) is 0 Å². The van der Waals surface area contributed by atoms with E-state index in [-0.39, 0.29) is 24.3 Å². The Bertz CT molecular complexity index is 903. The molecule has 8 nitrogen and oxygen atoms in total. The summed E-state index contributed by atoms with van der Waals surface area (Å²) in [5, 5.41) is 0. The van der Waals surface area contributed by atoms with Gasteiger partial charge in [-0.05, 0) is 12.1 Å². The zero-order valence-electron chi connectivity index (χ0n) is 16.9. The largest absolute Gasteiger partial charge is 0.492 e. The third-order valence-electron chi connectivity index (χ3n) is 6.61. The molecule has 8 heteroatoms. The molecule has 3 saturated heterocycles. The molecule has 4 heterocycles. The van der Waals surface area contributed by atoms with Crippen LogP contribution in [-0.2, 0) is 19.1 Å². The van der Waals surface area contributed by atoms with E-state index < -0.39 is 23.5 Å². The van der Waals surface area contributed by atoms with Crippen LogP contribution in [0.4, 0.5) is 0 Å². The van der Waals surface area contributed by atoms with Crippen LogP contribution in [0.25, 0.3) is 0 Å². The molecule has 4 aliphatic rings. The zero-order chi connectivity index (χ0) is 20.9. The molecule has 158 valence electrons. The molecule has 4 atom stereocenters. The van der Waals surface area contributed by atoms with Gasteiger partial charge in [-0.2, -0.15) is 0 Å². The molecule has 0 aliphatic carbocycles. The van der Waals surface area contributed by atoms with E-state index in [4.69, 9.17) is 9.47 Å². The van der Waals surface area contributed by atoms with Crippen molar-refractivity contribution in [2.75, 3.05) is 46.4 Å². The number of hydrogen-bond donors (Lipinski definition) is 0. The van der Waals surface area contributed by atoms with Crippen molar-refractivity contribution in [3.63, 3.8) is 0 Å². The number of nitrogens with zero attached hydrogens (tertiary/aromatic N) is 3. The lowest BCUT2D eigenvalue weighted by Gasteiger charge is -2.35. The first-order valence-electron chi connectivity index (χ1n) is 10.3. The van der Waals surface area contributed by atoms with Crippen LogP contribution >= 0.6 is 0 Å². The first-order chi connectivity index (χ1) is 14.5. The Morgan fingerprint density at radius 3 is 2.80 bits per heavy atom. The molecule has 5 rings (SSSR count). The van der Waals surface area contributed by atoms with Crippen molar-refractivity contribution in [3.05, 3.63) is 42.5 Å². The Labute approximate surface area is 175 Å². The van der Waals surface area contributed by atoms with Gasteiger partial charge in [-0.25, -0.2) is 0 Å². The van der Waals surface area contributed by atoms with E-state index in [0.29, 0.717) is 32.8 Å². The van der Waals surface area contributed by atoms with Crippen LogP contribution in [0.15, 0.2) is 42.5 Å². The summed E-state index contributed by atoms with van der Waals surface area (Å²) in [4.78, 5) is 43.5. The Kier molecular flexibility index (Phi) is 4.54. The Morgan fingerprint density at radius 2 is 2.03 bits per heavy atom. The van der Waals surface area contributed by atoms with E-state index in [0.717, 1.165) is 5.75 Å². The van der Waals surface area contributed by atoms with Crippen LogP contribution in [0.3, 0.4) is 0 Å². The highest BCUT2D eigenvalue weighted by atomic mass is 16.5. The summed E-state index contributed by atoms with van der Waals surface area (Å²) in [6.45, 7) is 2.28. The summed E-state index contributed by atoms with van der Waals surface area (Å²) in [6.07, 6.45) is 3.44. The van der Waals surface area contributed by atoms with Gasteiger partial charge in [0.25, 0.3) is 0 Å². The SMILES string of the molecule is CN1CCN(C(=O)[C@@H]2[C@@H]3C=C[C@@]4(CN(CCOc5ccccc5)C(=O)[C@@H]24)O3)CC1=O. The molecule has 0 unspecified atom stereocenters. The fraction of sp³-hybridized carbons (Fsp3) is 0.500. The molecule has 3 fully saturated rings. The van der Waals surface area contributed by atoms with Gasteiger partial charge in [-0.3, -0.25) is 14.4 Å². The zero-order valence-corrected chi connectivity index (χ0v) is 16.9.